The number of carbonyl (C=O) groups is 1. The molecule has 3 rings (SSSR count). The maximum Gasteiger partial charge on any atom is 0.280 e. The molecule has 0 aliphatic heterocycles. The molecular formula is C23H24N4O5S. The van der Waals surface area contributed by atoms with Crippen LogP contribution in [-0.2, 0) is 13.0 Å². The summed E-state index contributed by atoms with van der Waals surface area (Å²) in [5.41, 5.74) is 3.10. The lowest BCUT2D eigenvalue weighted by molar-refractivity contribution is -0.394. The molecule has 0 radical (unpaired) electrons. The normalized spacial score (nSPS) is 11.6. The molecule has 0 N–H and O–H groups in total. The summed E-state index contributed by atoms with van der Waals surface area (Å²) in [7, 11) is 0. The molecule has 0 spiro atoms. The van der Waals surface area contributed by atoms with Gasteiger partial charge in [-0.05, 0) is 49.9 Å². The number of thiazole rings is 1. The first-order valence-electron chi connectivity index (χ1n) is 10.5. The topological polar surface area (TPSA) is 121 Å². The van der Waals surface area contributed by atoms with Crippen molar-refractivity contribution in [2.45, 2.75) is 47.1 Å². The van der Waals surface area contributed by atoms with E-state index in [-0.39, 0.29) is 5.56 Å². The van der Waals surface area contributed by atoms with E-state index in [2.05, 4.69) is 24.0 Å². The van der Waals surface area contributed by atoms with E-state index in [9.17, 15) is 25.0 Å². The first-order chi connectivity index (χ1) is 15.7. The van der Waals surface area contributed by atoms with Gasteiger partial charge in [0, 0.05) is 23.6 Å². The summed E-state index contributed by atoms with van der Waals surface area (Å²) in [5, 5.41) is 22.4. The van der Waals surface area contributed by atoms with Gasteiger partial charge in [0.1, 0.15) is 0 Å². The molecule has 0 atom stereocenters. The molecule has 0 fully saturated rings. The molecular weight excluding hydrogens is 444 g/mol. The predicted octanol–water partition coefficient (Wildman–Crippen LogP) is 5.36. The van der Waals surface area contributed by atoms with Crippen molar-refractivity contribution < 1.29 is 14.6 Å². The van der Waals surface area contributed by atoms with Gasteiger partial charge in [-0.25, -0.2) is 0 Å². The molecule has 0 saturated carbocycles. The van der Waals surface area contributed by atoms with Gasteiger partial charge in [0.2, 0.25) is 0 Å². The molecule has 1 amide bonds. The van der Waals surface area contributed by atoms with Crippen molar-refractivity contribution >= 4 is 28.6 Å². The summed E-state index contributed by atoms with van der Waals surface area (Å²) < 4.78 is 1.95. The van der Waals surface area contributed by atoms with Gasteiger partial charge < -0.3 is 4.57 Å². The molecule has 10 heteroatoms. The zero-order valence-electron chi connectivity index (χ0n) is 18.8. The molecule has 0 aliphatic rings. The highest BCUT2D eigenvalue weighted by atomic mass is 32.1. The minimum Gasteiger partial charge on any atom is -0.316 e. The molecule has 2 aromatic carbocycles. The second kappa shape index (κ2) is 9.86. The Morgan fingerprint density at radius 1 is 1.00 bits per heavy atom. The van der Waals surface area contributed by atoms with Crippen LogP contribution in [0.25, 0.3) is 11.3 Å². The zero-order valence-corrected chi connectivity index (χ0v) is 19.6. The number of benzene rings is 2. The number of aromatic nitrogens is 1. The van der Waals surface area contributed by atoms with Crippen LogP contribution in [0.2, 0.25) is 0 Å². The van der Waals surface area contributed by atoms with E-state index in [0.29, 0.717) is 11.3 Å². The SMILES string of the molecule is CCCc1sc(=NC(=O)c2cc([N+](=O)[O-])cc([N+](=O)[O-])c2)n(CC)c1-c1ccc(C)c(C)c1. The molecule has 1 aromatic heterocycles. The molecule has 0 aliphatic carbocycles. The summed E-state index contributed by atoms with van der Waals surface area (Å²) in [4.78, 5) is 39.5. The Hall–Kier alpha value is -3.66. The van der Waals surface area contributed by atoms with E-state index < -0.39 is 27.1 Å². The Labute approximate surface area is 194 Å². The molecule has 0 unspecified atom stereocenters. The van der Waals surface area contributed by atoms with E-state index in [1.807, 2.05) is 31.4 Å². The van der Waals surface area contributed by atoms with Crippen molar-refractivity contribution in [3.05, 3.63) is 83.0 Å². The largest absolute Gasteiger partial charge is 0.316 e. The highest BCUT2D eigenvalue weighted by Gasteiger charge is 2.21. The van der Waals surface area contributed by atoms with Gasteiger partial charge >= 0.3 is 0 Å². The molecule has 9 nitrogen and oxygen atoms in total. The van der Waals surface area contributed by atoms with Crippen LogP contribution in [-0.4, -0.2) is 20.3 Å². The smallest absolute Gasteiger partial charge is 0.280 e. The number of aryl methyl sites for hydroxylation is 3. The van der Waals surface area contributed by atoms with Crippen LogP contribution in [0.3, 0.4) is 0 Å². The van der Waals surface area contributed by atoms with Crippen molar-refractivity contribution in [3.8, 4) is 11.3 Å². The van der Waals surface area contributed by atoms with Gasteiger partial charge in [-0.3, -0.25) is 25.0 Å². The van der Waals surface area contributed by atoms with E-state index in [1.54, 1.807) is 0 Å². The molecule has 3 aromatic rings. The minimum atomic E-state index is -0.766. The second-order valence-corrected chi connectivity index (χ2v) is 8.68. The van der Waals surface area contributed by atoms with E-state index in [4.69, 9.17) is 0 Å². The lowest BCUT2D eigenvalue weighted by Crippen LogP contribution is -2.17. The summed E-state index contributed by atoms with van der Waals surface area (Å²) in [6.07, 6.45) is 1.71. The number of nitrogens with zero attached hydrogens (tertiary/aromatic N) is 4. The van der Waals surface area contributed by atoms with Crippen molar-refractivity contribution in [1.29, 1.82) is 0 Å². The Kier molecular flexibility index (Phi) is 7.17. The predicted molar refractivity (Wildman–Crippen MR) is 127 cm³/mol. The zero-order chi connectivity index (χ0) is 24.3. The standard InChI is InChI=1S/C23H24N4O5S/c1-5-7-20-21(16-9-8-14(3)15(4)10-16)25(6-2)23(33-20)24-22(28)17-11-18(26(29)30)13-19(12-17)27(31)32/h8-13H,5-7H2,1-4H3. The molecule has 172 valence electrons. The summed E-state index contributed by atoms with van der Waals surface area (Å²) >= 11 is 1.39. The van der Waals surface area contributed by atoms with Crippen molar-refractivity contribution in [1.82, 2.24) is 4.57 Å². The van der Waals surface area contributed by atoms with Crippen LogP contribution in [0.4, 0.5) is 11.4 Å². The molecule has 33 heavy (non-hydrogen) atoms. The van der Waals surface area contributed by atoms with E-state index in [1.165, 1.54) is 16.9 Å². The third-order valence-corrected chi connectivity index (χ3v) is 6.46. The average molecular weight is 469 g/mol. The number of carbonyl (C=O) groups excluding carboxylic acids is 1. The van der Waals surface area contributed by atoms with Crippen LogP contribution in [0.5, 0.6) is 0 Å². The highest BCUT2D eigenvalue weighted by Crippen LogP contribution is 2.29. The van der Waals surface area contributed by atoms with Crippen molar-refractivity contribution in [2.24, 2.45) is 4.99 Å². The lowest BCUT2D eigenvalue weighted by atomic mass is 10.0. The quantitative estimate of drug-likeness (QED) is 0.341. The van der Waals surface area contributed by atoms with Crippen LogP contribution in [0.15, 0.2) is 41.4 Å². The first kappa shape index (κ1) is 24.0. The Balaban J connectivity index is 2.19. The Morgan fingerprint density at radius 3 is 2.15 bits per heavy atom. The highest BCUT2D eigenvalue weighted by molar-refractivity contribution is 7.09. The molecule has 1 heterocycles. The second-order valence-electron chi connectivity index (χ2n) is 7.62. The maximum absolute atomic E-state index is 12.9. The molecule has 0 saturated heterocycles. The first-order valence-corrected chi connectivity index (χ1v) is 11.3. The van der Waals surface area contributed by atoms with Gasteiger partial charge in [0.25, 0.3) is 17.3 Å². The average Bonchev–Trinajstić information content (AvgIpc) is 3.12. The molecule has 0 bridgehead atoms. The van der Waals surface area contributed by atoms with Crippen LogP contribution >= 0.6 is 11.3 Å². The van der Waals surface area contributed by atoms with E-state index in [0.717, 1.165) is 52.7 Å². The third kappa shape index (κ3) is 5.06. The summed E-state index contributed by atoms with van der Waals surface area (Å²) in [5.74, 6) is -0.764. The summed E-state index contributed by atoms with van der Waals surface area (Å²) in [6.45, 7) is 8.68. The van der Waals surface area contributed by atoms with Gasteiger partial charge in [-0.1, -0.05) is 25.5 Å². The van der Waals surface area contributed by atoms with Crippen molar-refractivity contribution in [2.75, 3.05) is 0 Å². The fraction of sp³-hybridized carbons (Fsp3) is 0.304. The van der Waals surface area contributed by atoms with E-state index >= 15 is 0 Å². The van der Waals surface area contributed by atoms with Crippen LogP contribution in [0.1, 0.15) is 46.6 Å². The minimum absolute atomic E-state index is 0.197. The number of hydrogen-bond donors (Lipinski definition) is 0. The number of rotatable bonds is 7. The number of non-ortho nitro benzene ring substituents is 2. The fourth-order valence-corrected chi connectivity index (χ4v) is 4.83. The summed E-state index contributed by atoms with van der Waals surface area (Å²) in [6, 6.07) is 9.07. The van der Waals surface area contributed by atoms with Crippen LogP contribution in [0, 0.1) is 34.1 Å². The van der Waals surface area contributed by atoms with Crippen molar-refractivity contribution in [3.63, 3.8) is 0 Å². The Bertz CT molecular complexity index is 1290. The Morgan fingerprint density at radius 2 is 1.64 bits per heavy atom. The number of hydrogen-bond acceptors (Lipinski definition) is 6. The third-order valence-electron chi connectivity index (χ3n) is 5.32. The lowest BCUT2D eigenvalue weighted by Gasteiger charge is -2.11. The number of nitro benzene ring substituents is 2. The van der Waals surface area contributed by atoms with Gasteiger partial charge in [0.15, 0.2) is 4.80 Å². The van der Waals surface area contributed by atoms with Gasteiger partial charge in [-0.15, -0.1) is 11.3 Å². The van der Waals surface area contributed by atoms with Crippen LogP contribution < -0.4 is 4.80 Å². The number of nitro groups is 2. The number of amides is 1. The van der Waals surface area contributed by atoms with Gasteiger partial charge in [-0.2, -0.15) is 4.99 Å². The monoisotopic (exact) mass is 468 g/mol. The van der Waals surface area contributed by atoms with Gasteiger partial charge in [0.05, 0.1) is 27.2 Å². The fourth-order valence-electron chi connectivity index (χ4n) is 3.52. The maximum atomic E-state index is 12.9.